The molecule has 4 heteroatoms. The molecular weight excluding hydrogens is 592 g/mol. The van der Waals surface area contributed by atoms with Crippen molar-refractivity contribution >= 4 is 5.97 Å². The van der Waals surface area contributed by atoms with E-state index in [0.29, 0.717) is 36.7 Å². The summed E-state index contributed by atoms with van der Waals surface area (Å²) in [7, 11) is 0. The average molecular weight is 661 g/mol. The predicted octanol–water partition coefficient (Wildman–Crippen LogP) is 11.7. The van der Waals surface area contributed by atoms with Crippen molar-refractivity contribution < 1.29 is 19.7 Å². The van der Waals surface area contributed by atoms with E-state index in [0.717, 1.165) is 57.8 Å². The van der Waals surface area contributed by atoms with Crippen molar-refractivity contribution in [3.8, 4) is 0 Å². The van der Waals surface area contributed by atoms with Gasteiger partial charge in [-0.1, -0.05) is 89.8 Å². The van der Waals surface area contributed by atoms with Gasteiger partial charge in [-0.2, -0.15) is 0 Å². The Hall–Kier alpha value is -1.65. The summed E-state index contributed by atoms with van der Waals surface area (Å²) < 4.78 is 6.30. The third-order valence-electron chi connectivity index (χ3n) is 16.3. The Morgan fingerprint density at radius 1 is 0.812 bits per heavy atom. The van der Waals surface area contributed by atoms with Crippen LogP contribution in [0.15, 0.2) is 48.6 Å². The van der Waals surface area contributed by atoms with E-state index in [9.17, 15) is 10.1 Å². The Labute approximate surface area is 293 Å². The molecule has 4 saturated carbocycles. The molecule has 12 unspecified atom stereocenters. The van der Waals surface area contributed by atoms with E-state index < -0.39 is 5.41 Å². The molecule has 0 aromatic rings. The third kappa shape index (κ3) is 5.85. The van der Waals surface area contributed by atoms with Crippen LogP contribution in [0.4, 0.5) is 0 Å². The number of allylic oxidation sites excluding steroid dienone is 6. The largest absolute Gasteiger partial charge is 0.465 e. The monoisotopic (exact) mass is 661 g/mol. The second-order valence-corrected chi connectivity index (χ2v) is 19.4. The average Bonchev–Trinajstić information content (AvgIpc) is 3.05. The van der Waals surface area contributed by atoms with Crippen LogP contribution in [0.3, 0.4) is 0 Å². The van der Waals surface area contributed by atoms with Crippen molar-refractivity contribution in [2.24, 2.45) is 62.1 Å². The van der Waals surface area contributed by atoms with Gasteiger partial charge >= 0.3 is 5.97 Å². The van der Waals surface area contributed by atoms with Crippen LogP contribution in [-0.4, -0.2) is 23.9 Å². The molecule has 6 rings (SSSR count). The molecule has 0 aliphatic heterocycles. The molecular formula is C44H68O4. The highest BCUT2D eigenvalue weighted by atomic mass is 17.1. The fourth-order valence-corrected chi connectivity index (χ4v) is 13.3. The molecule has 4 nitrogen and oxygen atoms in total. The lowest BCUT2D eigenvalue weighted by Crippen LogP contribution is -2.56. The number of hydrogen-bond acceptors (Lipinski definition) is 4. The zero-order chi connectivity index (χ0) is 34.8. The predicted molar refractivity (Wildman–Crippen MR) is 196 cm³/mol. The van der Waals surface area contributed by atoms with Gasteiger partial charge in [-0.25, -0.2) is 4.89 Å². The number of ether oxygens (including phenoxy) is 1. The maximum atomic E-state index is 14.1. The standard InChI is InChI=1S/C44H68O4/c1-10-39(4)24-18-33-31(27-39)14-16-35-41(33,6)20-12-22-43(35,8)37(48-46)26-30(3)29-47-38(45)44(9)23-13-21-42(7)34-19-25-40(5,11-2)28-32(34)15-17-36(42)44/h10-11,27-28,30,33-37,46H,1-2,12-26,29H2,3-9H3. The lowest BCUT2D eigenvalue weighted by atomic mass is 9.44. The van der Waals surface area contributed by atoms with E-state index in [1.807, 2.05) is 0 Å². The van der Waals surface area contributed by atoms with Crippen LogP contribution in [0.5, 0.6) is 0 Å². The van der Waals surface area contributed by atoms with E-state index in [2.05, 4.69) is 85.9 Å². The molecule has 0 aromatic heterocycles. The summed E-state index contributed by atoms with van der Waals surface area (Å²) >= 11 is 0. The number of fused-ring (bicyclic) bond motifs is 6. The molecule has 0 heterocycles. The van der Waals surface area contributed by atoms with Crippen LogP contribution >= 0.6 is 0 Å². The molecule has 0 aromatic carbocycles. The van der Waals surface area contributed by atoms with Gasteiger partial charge in [-0.05, 0) is 131 Å². The molecule has 0 saturated heterocycles. The van der Waals surface area contributed by atoms with Gasteiger partial charge in [0.1, 0.15) is 0 Å². The first kappa shape index (κ1) is 36.2. The Balaban J connectivity index is 1.12. The smallest absolute Gasteiger partial charge is 0.312 e. The minimum Gasteiger partial charge on any atom is -0.465 e. The fraction of sp³-hybridized carbons (Fsp3) is 0.795. The van der Waals surface area contributed by atoms with Gasteiger partial charge in [-0.15, -0.1) is 13.2 Å². The quantitative estimate of drug-likeness (QED) is 0.116. The van der Waals surface area contributed by atoms with E-state index in [-0.39, 0.29) is 45.1 Å². The van der Waals surface area contributed by atoms with Gasteiger partial charge in [0.15, 0.2) is 0 Å². The molecule has 1 N–H and O–H groups in total. The van der Waals surface area contributed by atoms with Crippen LogP contribution in [0.2, 0.25) is 0 Å². The van der Waals surface area contributed by atoms with Crippen molar-refractivity contribution in [2.45, 2.75) is 151 Å². The summed E-state index contributed by atoms with van der Waals surface area (Å²) in [5.74, 6) is 2.11. The van der Waals surface area contributed by atoms with Crippen LogP contribution < -0.4 is 0 Å². The van der Waals surface area contributed by atoms with Gasteiger partial charge in [0.25, 0.3) is 0 Å². The van der Waals surface area contributed by atoms with Crippen molar-refractivity contribution in [1.82, 2.24) is 0 Å². The van der Waals surface area contributed by atoms with Crippen LogP contribution in [0.25, 0.3) is 0 Å². The number of carbonyl (C=O) groups is 1. The first-order valence-corrected chi connectivity index (χ1v) is 19.8. The molecule has 268 valence electrons. The van der Waals surface area contributed by atoms with Crippen molar-refractivity contribution in [2.75, 3.05) is 6.61 Å². The highest BCUT2D eigenvalue weighted by molar-refractivity contribution is 5.77. The van der Waals surface area contributed by atoms with Gasteiger partial charge in [0.2, 0.25) is 0 Å². The maximum absolute atomic E-state index is 14.1. The van der Waals surface area contributed by atoms with Crippen LogP contribution in [0, 0.1) is 62.1 Å². The minimum atomic E-state index is -0.448. The number of carbonyl (C=O) groups excluding carboxylic acids is 1. The molecule has 0 bridgehead atoms. The van der Waals surface area contributed by atoms with Crippen molar-refractivity contribution in [3.63, 3.8) is 0 Å². The Bertz CT molecular complexity index is 1330. The normalized spacial score (nSPS) is 46.7. The topological polar surface area (TPSA) is 55.8 Å². The molecule has 6 aliphatic carbocycles. The first-order chi connectivity index (χ1) is 22.6. The fourth-order valence-electron chi connectivity index (χ4n) is 13.3. The Morgan fingerprint density at radius 2 is 1.33 bits per heavy atom. The van der Waals surface area contributed by atoms with Gasteiger partial charge < -0.3 is 4.74 Å². The Kier molecular flexibility index (Phi) is 9.67. The van der Waals surface area contributed by atoms with E-state index in [1.54, 1.807) is 11.1 Å². The van der Waals surface area contributed by atoms with Gasteiger partial charge in [-0.3, -0.25) is 10.1 Å². The summed E-state index contributed by atoms with van der Waals surface area (Å²) in [4.78, 5) is 19.6. The number of esters is 1. The summed E-state index contributed by atoms with van der Waals surface area (Å²) in [6, 6.07) is 0. The zero-order valence-corrected chi connectivity index (χ0v) is 31.7. The zero-order valence-electron chi connectivity index (χ0n) is 31.7. The summed E-state index contributed by atoms with van der Waals surface area (Å²) in [5.41, 5.74) is 3.26. The number of hydrogen-bond donors (Lipinski definition) is 1. The second kappa shape index (κ2) is 12.8. The summed E-state index contributed by atoms with van der Waals surface area (Å²) in [5, 5.41) is 10.5. The van der Waals surface area contributed by atoms with E-state index >= 15 is 0 Å². The molecule has 48 heavy (non-hydrogen) atoms. The van der Waals surface area contributed by atoms with E-state index in [1.165, 1.54) is 32.1 Å². The second-order valence-electron chi connectivity index (χ2n) is 19.4. The van der Waals surface area contributed by atoms with Gasteiger partial charge in [0, 0.05) is 16.2 Å². The SMILES string of the molecule is C=CC1(C)C=C2CCC3C(C)(C(=O)OCC(C)CC(OO)C4(C)CCCC5(C)C6CCC(C)(C=C)C=C6CCC45)CCCC3(C)C2CC1. The molecule has 4 fully saturated rings. The molecule has 12 atom stereocenters. The minimum absolute atomic E-state index is 0.00205. The molecule has 6 aliphatic rings. The summed E-state index contributed by atoms with van der Waals surface area (Å²) in [6.07, 6.45) is 25.6. The van der Waals surface area contributed by atoms with E-state index in [4.69, 9.17) is 9.62 Å². The van der Waals surface area contributed by atoms with Crippen molar-refractivity contribution in [3.05, 3.63) is 48.6 Å². The summed E-state index contributed by atoms with van der Waals surface area (Å²) in [6.45, 7) is 25.1. The lowest BCUT2D eigenvalue weighted by Gasteiger charge is -2.61. The maximum Gasteiger partial charge on any atom is 0.312 e. The molecule has 0 spiro atoms. The molecule has 0 radical (unpaired) electrons. The first-order valence-electron chi connectivity index (χ1n) is 19.8. The lowest BCUT2D eigenvalue weighted by molar-refractivity contribution is -0.322. The van der Waals surface area contributed by atoms with Gasteiger partial charge in [0.05, 0.1) is 18.1 Å². The highest BCUT2D eigenvalue weighted by Gasteiger charge is 2.60. The third-order valence-corrected chi connectivity index (χ3v) is 16.3. The van der Waals surface area contributed by atoms with Crippen LogP contribution in [-0.2, 0) is 14.4 Å². The molecule has 0 amide bonds. The number of rotatable bonds is 9. The van der Waals surface area contributed by atoms with Crippen LogP contribution in [0.1, 0.15) is 145 Å². The highest BCUT2D eigenvalue weighted by Crippen LogP contribution is 2.66. The Morgan fingerprint density at radius 3 is 1.88 bits per heavy atom. The van der Waals surface area contributed by atoms with Crippen molar-refractivity contribution in [1.29, 1.82) is 0 Å².